The summed E-state index contributed by atoms with van der Waals surface area (Å²) >= 11 is 0. The quantitative estimate of drug-likeness (QED) is 0.903. The van der Waals surface area contributed by atoms with Gasteiger partial charge in [0.1, 0.15) is 6.04 Å². The van der Waals surface area contributed by atoms with Gasteiger partial charge in [0, 0.05) is 25.5 Å². The fourth-order valence-electron chi connectivity index (χ4n) is 2.80. The van der Waals surface area contributed by atoms with E-state index in [-0.39, 0.29) is 12.5 Å². The van der Waals surface area contributed by atoms with E-state index in [1.807, 2.05) is 12.1 Å². The Morgan fingerprint density at radius 3 is 2.73 bits per heavy atom. The molecule has 0 bridgehead atoms. The van der Waals surface area contributed by atoms with Crippen molar-refractivity contribution in [1.82, 2.24) is 15.1 Å². The van der Waals surface area contributed by atoms with Crippen LogP contribution in [-0.2, 0) is 28.7 Å². The third-order valence-electron chi connectivity index (χ3n) is 4.36. The minimum absolute atomic E-state index is 0.00830. The van der Waals surface area contributed by atoms with Crippen molar-refractivity contribution in [2.24, 2.45) is 0 Å². The normalized spacial score (nSPS) is 15.1. The van der Waals surface area contributed by atoms with Gasteiger partial charge in [0.2, 0.25) is 11.8 Å². The van der Waals surface area contributed by atoms with Gasteiger partial charge in [-0.15, -0.1) is 0 Å². The van der Waals surface area contributed by atoms with Crippen LogP contribution in [0.25, 0.3) is 0 Å². The molecule has 0 saturated heterocycles. The lowest BCUT2D eigenvalue weighted by atomic mass is 10.1. The predicted molar refractivity (Wildman–Crippen MR) is 87.3 cm³/mol. The first-order chi connectivity index (χ1) is 12.2. The second kappa shape index (κ2) is 6.47. The number of likely N-dealkylation sites (N-methyl/N-ethyl adjacent to an activating group) is 1. The van der Waals surface area contributed by atoms with Crippen molar-refractivity contribution in [1.29, 1.82) is 0 Å². The van der Waals surface area contributed by atoms with Crippen molar-refractivity contribution in [2.45, 2.75) is 32.1 Å². The first-order valence-electron chi connectivity index (χ1n) is 7.95. The number of rotatable bonds is 4. The van der Waals surface area contributed by atoms with E-state index in [0.717, 1.165) is 33.8 Å². The molecule has 26 heavy (non-hydrogen) atoms. The van der Waals surface area contributed by atoms with Crippen molar-refractivity contribution in [3.05, 3.63) is 47.3 Å². The Balaban J connectivity index is 1.63. The van der Waals surface area contributed by atoms with Crippen LogP contribution in [-0.4, -0.2) is 28.6 Å². The van der Waals surface area contributed by atoms with Gasteiger partial charge < -0.3 is 10.2 Å². The average molecular weight is 366 g/mol. The van der Waals surface area contributed by atoms with Gasteiger partial charge in [0.25, 0.3) is 0 Å². The highest BCUT2D eigenvalue weighted by atomic mass is 19.4. The molecule has 0 radical (unpaired) electrons. The zero-order valence-corrected chi connectivity index (χ0v) is 14.2. The second-order valence-electron chi connectivity index (χ2n) is 6.17. The molecule has 2 heterocycles. The number of carbonyl (C=O) groups is 2. The minimum atomic E-state index is -4.55. The molecule has 0 spiro atoms. The number of hydrogen-bond acceptors (Lipinski definition) is 3. The zero-order valence-electron chi connectivity index (χ0n) is 14.2. The fraction of sp³-hybridized carbons (Fsp3) is 0.353. The van der Waals surface area contributed by atoms with Crippen molar-refractivity contribution >= 4 is 17.5 Å². The van der Waals surface area contributed by atoms with E-state index in [9.17, 15) is 22.8 Å². The minimum Gasteiger partial charge on any atom is -0.350 e. The molecule has 1 atom stereocenters. The highest BCUT2D eigenvalue weighted by Gasteiger charge is 2.34. The summed E-state index contributed by atoms with van der Waals surface area (Å²) < 4.78 is 38.8. The molecule has 2 amide bonds. The van der Waals surface area contributed by atoms with Crippen LogP contribution in [0.15, 0.2) is 30.5 Å². The lowest BCUT2D eigenvalue weighted by Crippen LogP contribution is -2.31. The Labute approximate surface area is 147 Å². The fourth-order valence-corrected chi connectivity index (χ4v) is 2.80. The number of halogens is 3. The summed E-state index contributed by atoms with van der Waals surface area (Å²) in [6.07, 6.45) is -3.10. The average Bonchev–Trinajstić information content (AvgIpc) is 3.18. The summed E-state index contributed by atoms with van der Waals surface area (Å²) in [5.74, 6) is -0.440. The van der Waals surface area contributed by atoms with Crippen LogP contribution < -0.4 is 10.2 Å². The molecular weight excluding hydrogens is 349 g/mol. The van der Waals surface area contributed by atoms with Gasteiger partial charge in [-0.25, -0.2) is 0 Å². The first-order valence-corrected chi connectivity index (χ1v) is 7.95. The Morgan fingerprint density at radius 2 is 2.08 bits per heavy atom. The molecule has 0 saturated carbocycles. The monoisotopic (exact) mass is 366 g/mol. The third kappa shape index (κ3) is 3.42. The van der Waals surface area contributed by atoms with Gasteiger partial charge in [-0.05, 0) is 30.2 Å². The zero-order chi connectivity index (χ0) is 19.1. The maximum atomic E-state index is 12.6. The molecule has 1 aliphatic heterocycles. The molecule has 1 aromatic heterocycles. The van der Waals surface area contributed by atoms with Crippen LogP contribution in [0, 0.1) is 0 Å². The van der Waals surface area contributed by atoms with E-state index in [2.05, 4.69) is 10.4 Å². The summed E-state index contributed by atoms with van der Waals surface area (Å²) in [4.78, 5) is 25.5. The predicted octanol–water partition coefficient (Wildman–Crippen LogP) is 2.30. The smallest absolute Gasteiger partial charge is 0.350 e. The maximum absolute atomic E-state index is 12.6. The number of anilines is 1. The van der Waals surface area contributed by atoms with Gasteiger partial charge in [-0.3, -0.25) is 14.3 Å². The molecule has 3 rings (SSSR count). The molecule has 2 aromatic rings. The number of hydrogen-bond donors (Lipinski definition) is 1. The number of benzene rings is 1. The van der Waals surface area contributed by atoms with Crippen molar-refractivity contribution in [3.63, 3.8) is 0 Å². The summed E-state index contributed by atoms with van der Waals surface area (Å²) in [5.41, 5.74) is 1.50. The molecule has 0 aliphatic carbocycles. The molecule has 1 N–H and O–H groups in total. The molecule has 9 heteroatoms. The van der Waals surface area contributed by atoms with Gasteiger partial charge in [-0.1, -0.05) is 12.1 Å². The lowest BCUT2D eigenvalue weighted by molar-refractivity contribution is -0.142. The molecular formula is C17H17F3N4O2. The summed E-state index contributed by atoms with van der Waals surface area (Å²) in [6.45, 7) is 1.68. The Hall–Kier alpha value is -2.84. The van der Waals surface area contributed by atoms with Crippen molar-refractivity contribution in [2.75, 3.05) is 11.9 Å². The molecule has 1 aliphatic rings. The largest absolute Gasteiger partial charge is 0.435 e. The number of aromatic nitrogens is 2. The highest BCUT2D eigenvalue weighted by molar-refractivity contribution is 6.00. The molecule has 0 fully saturated rings. The number of nitrogens with zero attached hydrogens (tertiary/aromatic N) is 3. The van der Waals surface area contributed by atoms with Gasteiger partial charge >= 0.3 is 6.18 Å². The third-order valence-corrected chi connectivity index (χ3v) is 4.36. The lowest BCUT2D eigenvalue weighted by Gasteiger charge is -2.14. The van der Waals surface area contributed by atoms with E-state index in [4.69, 9.17) is 0 Å². The summed E-state index contributed by atoms with van der Waals surface area (Å²) in [6, 6.07) is 5.41. The SMILES string of the molecule is CC(C(=O)NCc1ccc2c(c1)CC(=O)N2C)n1ccc(C(F)(F)F)n1. The molecule has 138 valence electrons. The van der Waals surface area contributed by atoms with Crippen LogP contribution in [0.4, 0.5) is 18.9 Å². The van der Waals surface area contributed by atoms with Crippen LogP contribution >= 0.6 is 0 Å². The summed E-state index contributed by atoms with van der Waals surface area (Å²) in [5, 5.41) is 6.09. The molecule has 6 nitrogen and oxygen atoms in total. The van der Waals surface area contributed by atoms with Crippen molar-refractivity contribution in [3.8, 4) is 0 Å². The Kier molecular flexibility index (Phi) is 4.47. The molecule has 1 aromatic carbocycles. The standard InChI is InChI=1S/C17H17F3N4O2/c1-10(24-6-5-14(22-24)17(18,19)20)16(26)21-9-11-3-4-13-12(7-11)8-15(25)23(13)2/h3-7,10H,8-9H2,1-2H3,(H,21,26). The van der Waals surface area contributed by atoms with E-state index in [1.165, 1.54) is 6.92 Å². The highest BCUT2D eigenvalue weighted by Crippen LogP contribution is 2.29. The van der Waals surface area contributed by atoms with Crippen LogP contribution in [0.1, 0.15) is 29.8 Å². The maximum Gasteiger partial charge on any atom is 0.435 e. The number of fused-ring (bicyclic) bond motifs is 1. The molecule has 1 unspecified atom stereocenters. The van der Waals surface area contributed by atoms with E-state index in [1.54, 1.807) is 18.0 Å². The van der Waals surface area contributed by atoms with E-state index >= 15 is 0 Å². The van der Waals surface area contributed by atoms with Crippen LogP contribution in [0.3, 0.4) is 0 Å². The topological polar surface area (TPSA) is 67.2 Å². The van der Waals surface area contributed by atoms with E-state index in [0.29, 0.717) is 6.42 Å². The number of carbonyl (C=O) groups excluding carboxylic acids is 2. The summed E-state index contributed by atoms with van der Waals surface area (Å²) in [7, 11) is 1.70. The van der Waals surface area contributed by atoms with Crippen LogP contribution in [0.2, 0.25) is 0 Å². The van der Waals surface area contributed by atoms with Crippen molar-refractivity contribution < 1.29 is 22.8 Å². The second-order valence-corrected chi connectivity index (χ2v) is 6.17. The number of alkyl halides is 3. The van der Waals surface area contributed by atoms with E-state index < -0.39 is 23.8 Å². The van der Waals surface area contributed by atoms with Gasteiger partial charge in [0.05, 0.1) is 6.42 Å². The Morgan fingerprint density at radius 1 is 1.35 bits per heavy atom. The van der Waals surface area contributed by atoms with Gasteiger partial charge in [0.15, 0.2) is 5.69 Å². The Bertz CT molecular complexity index is 860. The van der Waals surface area contributed by atoms with Gasteiger partial charge in [-0.2, -0.15) is 18.3 Å². The first kappa shape index (κ1) is 18.0. The van der Waals surface area contributed by atoms with Crippen LogP contribution in [0.5, 0.6) is 0 Å². The number of nitrogens with one attached hydrogen (secondary N) is 1. The number of amides is 2.